The highest BCUT2D eigenvalue weighted by Gasteiger charge is 1.96. The Morgan fingerprint density at radius 2 is 2.43 bits per heavy atom. The van der Waals surface area contributed by atoms with E-state index in [-0.39, 0.29) is 6.54 Å². The quantitative estimate of drug-likeness (QED) is 0.551. The Kier molecular flexibility index (Phi) is 3.11. The predicted octanol–water partition coefficient (Wildman–Crippen LogP) is -1.44. The molecule has 0 atom stereocenters. The van der Waals surface area contributed by atoms with Crippen LogP contribution in [0.1, 0.15) is 0 Å². The normalized spacial score (nSPS) is 11.4. The molecule has 0 amide bonds. The molecule has 76 valence electrons. The van der Waals surface area contributed by atoms with E-state index in [9.17, 15) is 9.59 Å². The van der Waals surface area contributed by atoms with Gasteiger partial charge in [0, 0.05) is 31.2 Å². The van der Waals surface area contributed by atoms with E-state index < -0.39 is 11.2 Å². The van der Waals surface area contributed by atoms with Crippen LogP contribution in [0.5, 0.6) is 0 Å². The highest BCUT2D eigenvalue weighted by molar-refractivity contribution is 4.96. The van der Waals surface area contributed by atoms with Crippen LogP contribution < -0.4 is 22.3 Å². The number of H-pyrrole nitrogens is 1. The molecule has 0 radical (unpaired) electrons. The summed E-state index contributed by atoms with van der Waals surface area (Å²) < 4.78 is 1.31. The van der Waals surface area contributed by atoms with Gasteiger partial charge in [-0.15, -0.1) is 0 Å². The smallest absolute Gasteiger partial charge is 0.328 e. The van der Waals surface area contributed by atoms with E-state index in [0.29, 0.717) is 5.70 Å². The Bertz CT molecular complexity index is 443. The topological polar surface area (TPSA) is 92.9 Å². The van der Waals surface area contributed by atoms with Crippen molar-refractivity contribution in [1.82, 2.24) is 14.9 Å². The summed E-state index contributed by atoms with van der Waals surface area (Å²) in [5, 5.41) is 2.74. The first-order valence-electron chi connectivity index (χ1n) is 4.05. The first kappa shape index (κ1) is 10.1. The van der Waals surface area contributed by atoms with Crippen LogP contribution in [0.15, 0.2) is 33.7 Å². The molecule has 14 heavy (non-hydrogen) atoms. The third kappa shape index (κ3) is 2.51. The van der Waals surface area contributed by atoms with Crippen molar-refractivity contribution in [2.45, 2.75) is 6.54 Å². The van der Waals surface area contributed by atoms with Gasteiger partial charge < -0.3 is 11.1 Å². The molecule has 0 spiro atoms. The van der Waals surface area contributed by atoms with Gasteiger partial charge in [0.15, 0.2) is 0 Å². The summed E-state index contributed by atoms with van der Waals surface area (Å²) in [6, 6.07) is 1.27. The molecule has 6 nitrogen and oxygen atoms in total. The molecule has 1 aromatic rings. The Hall–Kier alpha value is -1.98. The third-order valence-electron chi connectivity index (χ3n) is 1.58. The summed E-state index contributed by atoms with van der Waals surface area (Å²) in [6.45, 7) is 0.246. The van der Waals surface area contributed by atoms with Crippen LogP contribution in [0.3, 0.4) is 0 Å². The second-order valence-corrected chi connectivity index (χ2v) is 2.75. The van der Waals surface area contributed by atoms with Gasteiger partial charge in [-0.1, -0.05) is 0 Å². The summed E-state index contributed by atoms with van der Waals surface area (Å²) >= 11 is 0. The lowest BCUT2D eigenvalue weighted by molar-refractivity contribution is 0.700. The fourth-order valence-electron chi connectivity index (χ4n) is 0.996. The number of hydrogen-bond donors (Lipinski definition) is 3. The average Bonchev–Trinajstić information content (AvgIpc) is 2.10. The van der Waals surface area contributed by atoms with Crippen LogP contribution in [-0.2, 0) is 6.54 Å². The van der Waals surface area contributed by atoms with Crippen LogP contribution in [0.4, 0.5) is 0 Å². The van der Waals surface area contributed by atoms with Crippen LogP contribution >= 0.6 is 0 Å². The lowest BCUT2D eigenvalue weighted by Crippen LogP contribution is -2.30. The highest BCUT2D eigenvalue weighted by atomic mass is 16.2. The van der Waals surface area contributed by atoms with Crippen molar-refractivity contribution in [2.24, 2.45) is 5.73 Å². The summed E-state index contributed by atoms with van der Waals surface area (Å²) in [5.41, 5.74) is 5.19. The molecule has 0 bridgehead atoms. The van der Waals surface area contributed by atoms with E-state index in [1.54, 1.807) is 13.2 Å². The van der Waals surface area contributed by atoms with Crippen LogP contribution in [0, 0.1) is 0 Å². The molecule has 1 heterocycles. The van der Waals surface area contributed by atoms with E-state index in [0.717, 1.165) is 0 Å². The molecule has 6 heteroatoms. The van der Waals surface area contributed by atoms with Crippen molar-refractivity contribution in [2.75, 3.05) is 7.05 Å². The maximum atomic E-state index is 11.2. The number of allylic oxidation sites excluding steroid dienone is 1. The molecule has 0 unspecified atom stereocenters. The summed E-state index contributed by atoms with van der Waals surface area (Å²) in [7, 11) is 1.71. The third-order valence-corrected chi connectivity index (χ3v) is 1.58. The average molecular weight is 196 g/mol. The van der Waals surface area contributed by atoms with Gasteiger partial charge >= 0.3 is 5.69 Å². The molecule has 0 aliphatic rings. The minimum atomic E-state index is -0.468. The number of nitrogens with two attached hydrogens (primary N) is 1. The summed E-state index contributed by atoms with van der Waals surface area (Å²) in [6.07, 6.45) is 2.98. The van der Waals surface area contributed by atoms with Crippen molar-refractivity contribution in [3.63, 3.8) is 0 Å². The Balaban J connectivity index is 2.93. The largest absolute Gasteiger partial charge is 0.399 e. The lowest BCUT2D eigenvalue weighted by atomic mass is 10.4. The van der Waals surface area contributed by atoms with E-state index in [1.165, 1.54) is 16.8 Å². The van der Waals surface area contributed by atoms with Gasteiger partial charge in [0.25, 0.3) is 5.56 Å². The molecule has 4 N–H and O–H groups in total. The molecular formula is C8H12N4O2. The SMILES string of the molecule is CN/C=C(\N)Cn1ccc(=O)[nH]c1=O. The van der Waals surface area contributed by atoms with Crippen LogP contribution in [0.2, 0.25) is 0 Å². The zero-order chi connectivity index (χ0) is 10.6. The number of rotatable bonds is 3. The number of aromatic nitrogens is 2. The minimum absolute atomic E-state index is 0.246. The molecule has 1 aromatic heterocycles. The van der Waals surface area contributed by atoms with Gasteiger partial charge in [0.1, 0.15) is 0 Å². The van der Waals surface area contributed by atoms with Crippen molar-refractivity contribution in [3.8, 4) is 0 Å². The van der Waals surface area contributed by atoms with Crippen molar-refractivity contribution in [3.05, 3.63) is 45.0 Å². The summed E-state index contributed by atoms with van der Waals surface area (Å²) in [4.78, 5) is 24.0. The zero-order valence-corrected chi connectivity index (χ0v) is 7.78. The fourth-order valence-corrected chi connectivity index (χ4v) is 0.996. The number of nitrogens with zero attached hydrogens (tertiary/aromatic N) is 1. The molecular weight excluding hydrogens is 184 g/mol. The second-order valence-electron chi connectivity index (χ2n) is 2.75. The highest BCUT2D eigenvalue weighted by Crippen LogP contribution is 1.85. The number of nitrogens with one attached hydrogen (secondary N) is 2. The maximum absolute atomic E-state index is 11.2. The molecule has 0 fully saturated rings. The Morgan fingerprint density at radius 3 is 3.00 bits per heavy atom. The fraction of sp³-hybridized carbons (Fsp3) is 0.250. The standard InChI is InChI=1S/C8H12N4O2/c1-10-4-6(9)5-12-3-2-7(13)11-8(12)14/h2-4,10H,5,9H2,1H3,(H,11,13,14)/b6-4-. The molecule has 0 aliphatic carbocycles. The second kappa shape index (κ2) is 4.31. The van der Waals surface area contributed by atoms with Crippen LogP contribution in [0.25, 0.3) is 0 Å². The van der Waals surface area contributed by atoms with Gasteiger partial charge in [0.2, 0.25) is 0 Å². The zero-order valence-electron chi connectivity index (χ0n) is 7.78. The van der Waals surface area contributed by atoms with Crippen molar-refractivity contribution < 1.29 is 0 Å². The van der Waals surface area contributed by atoms with Crippen molar-refractivity contribution in [1.29, 1.82) is 0 Å². The molecule has 0 aliphatic heterocycles. The number of hydrogen-bond acceptors (Lipinski definition) is 4. The van der Waals surface area contributed by atoms with E-state index >= 15 is 0 Å². The van der Waals surface area contributed by atoms with E-state index in [2.05, 4.69) is 10.3 Å². The Morgan fingerprint density at radius 1 is 1.71 bits per heavy atom. The van der Waals surface area contributed by atoms with Gasteiger partial charge in [-0.2, -0.15) is 0 Å². The molecule has 0 aromatic carbocycles. The van der Waals surface area contributed by atoms with Crippen molar-refractivity contribution >= 4 is 0 Å². The van der Waals surface area contributed by atoms with Gasteiger partial charge in [-0.25, -0.2) is 4.79 Å². The minimum Gasteiger partial charge on any atom is -0.399 e. The van der Waals surface area contributed by atoms with Gasteiger partial charge in [0.05, 0.1) is 6.54 Å². The van der Waals surface area contributed by atoms with Gasteiger partial charge in [-0.3, -0.25) is 14.3 Å². The van der Waals surface area contributed by atoms with E-state index in [4.69, 9.17) is 5.73 Å². The predicted molar refractivity (Wildman–Crippen MR) is 52.7 cm³/mol. The monoisotopic (exact) mass is 196 g/mol. The molecule has 1 rings (SSSR count). The molecule has 0 saturated heterocycles. The lowest BCUT2D eigenvalue weighted by Gasteiger charge is -2.04. The first-order chi connectivity index (χ1) is 6.63. The molecule has 0 saturated carbocycles. The number of aromatic amines is 1. The first-order valence-corrected chi connectivity index (χ1v) is 4.05. The summed E-state index contributed by atoms with van der Waals surface area (Å²) in [5.74, 6) is 0. The maximum Gasteiger partial charge on any atom is 0.328 e. The van der Waals surface area contributed by atoms with Crippen LogP contribution in [-0.4, -0.2) is 16.6 Å². The van der Waals surface area contributed by atoms with E-state index in [1.807, 2.05) is 0 Å². The Labute approximate surface area is 80.1 Å². The van der Waals surface area contributed by atoms with Gasteiger partial charge in [-0.05, 0) is 0 Å².